The molecule has 2 aromatic rings. The van der Waals surface area contributed by atoms with Gasteiger partial charge in [-0.15, -0.1) is 0 Å². The summed E-state index contributed by atoms with van der Waals surface area (Å²) in [5, 5.41) is 13.6. The maximum Gasteiger partial charge on any atom is 0.274 e. The minimum Gasteiger partial charge on any atom is -0.494 e. The van der Waals surface area contributed by atoms with E-state index in [1.54, 1.807) is 19.1 Å². The Morgan fingerprint density at radius 3 is 2.38 bits per heavy atom. The van der Waals surface area contributed by atoms with Crippen LogP contribution in [0.25, 0.3) is 0 Å². The average molecular weight is 358 g/mol. The van der Waals surface area contributed by atoms with Crippen molar-refractivity contribution < 1.29 is 19.2 Å². The fourth-order valence-corrected chi connectivity index (χ4v) is 2.39. The van der Waals surface area contributed by atoms with Gasteiger partial charge in [0.25, 0.3) is 5.69 Å². The molecule has 0 atom stereocenters. The van der Waals surface area contributed by atoms with Gasteiger partial charge in [-0.05, 0) is 50.6 Å². The van der Waals surface area contributed by atoms with Crippen LogP contribution in [-0.2, 0) is 4.79 Å². The van der Waals surface area contributed by atoms with Crippen molar-refractivity contribution >= 4 is 17.3 Å². The Kier molecular flexibility index (Phi) is 6.96. The molecule has 138 valence electrons. The van der Waals surface area contributed by atoms with Crippen molar-refractivity contribution in [3.05, 3.63) is 58.1 Å². The van der Waals surface area contributed by atoms with Gasteiger partial charge in [0.2, 0.25) is 5.91 Å². The summed E-state index contributed by atoms with van der Waals surface area (Å²) in [5.41, 5.74) is 0.884. The van der Waals surface area contributed by atoms with Crippen molar-refractivity contribution in [2.75, 3.05) is 18.5 Å². The van der Waals surface area contributed by atoms with Crippen LogP contribution in [0, 0.1) is 17.0 Å². The third kappa shape index (κ3) is 5.47. The molecule has 0 aliphatic carbocycles. The zero-order valence-corrected chi connectivity index (χ0v) is 14.9. The lowest BCUT2D eigenvalue weighted by molar-refractivity contribution is -0.385. The lowest BCUT2D eigenvalue weighted by Crippen LogP contribution is -2.14. The molecule has 1 N–H and O–H groups in total. The fraction of sp³-hybridized carbons (Fsp3) is 0.316. The number of nitrogens with zero attached hydrogens (tertiary/aromatic N) is 1. The standard InChI is InChI=1S/C19H22N2O5/c1-3-25-15-9-11-16(12-10-15)26-13-5-8-19(22)20-17-6-4-7-18(14(17)2)21(23)24/h4,6-7,9-12H,3,5,8,13H2,1-2H3,(H,20,22). The van der Waals surface area contributed by atoms with E-state index in [0.717, 1.165) is 5.75 Å². The van der Waals surface area contributed by atoms with E-state index in [2.05, 4.69) is 5.32 Å². The Bertz CT molecular complexity index is 759. The number of nitro benzene ring substituents is 1. The largest absolute Gasteiger partial charge is 0.494 e. The minimum absolute atomic E-state index is 0.0124. The zero-order chi connectivity index (χ0) is 18.9. The molecule has 7 heteroatoms. The monoisotopic (exact) mass is 358 g/mol. The number of amides is 1. The van der Waals surface area contributed by atoms with Crippen molar-refractivity contribution in [1.82, 2.24) is 0 Å². The molecule has 26 heavy (non-hydrogen) atoms. The van der Waals surface area contributed by atoms with Crippen LogP contribution in [0.2, 0.25) is 0 Å². The van der Waals surface area contributed by atoms with Gasteiger partial charge in [-0.2, -0.15) is 0 Å². The molecule has 0 bridgehead atoms. The Labute approximate surface area is 152 Å². The average Bonchev–Trinajstić information content (AvgIpc) is 2.62. The first-order chi connectivity index (χ1) is 12.5. The predicted molar refractivity (Wildman–Crippen MR) is 98.8 cm³/mol. The predicted octanol–water partition coefficient (Wildman–Crippen LogP) is 4.10. The number of nitrogens with one attached hydrogen (secondary N) is 1. The Hall–Kier alpha value is -3.09. The van der Waals surface area contributed by atoms with E-state index in [0.29, 0.717) is 36.6 Å². The van der Waals surface area contributed by atoms with Crippen molar-refractivity contribution in [3.8, 4) is 11.5 Å². The quantitative estimate of drug-likeness (QED) is 0.414. The molecule has 1 amide bonds. The Morgan fingerprint density at radius 1 is 1.12 bits per heavy atom. The topological polar surface area (TPSA) is 90.7 Å². The Morgan fingerprint density at radius 2 is 1.77 bits per heavy atom. The first-order valence-corrected chi connectivity index (χ1v) is 8.40. The third-order valence-electron chi connectivity index (χ3n) is 3.73. The van der Waals surface area contributed by atoms with Gasteiger partial charge < -0.3 is 14.8 Å². The number of benzene rings is 2. The van der Waals surface area contributed by atoms with Gasteiger partial charge in [-0.3, -0.25) is 14.9 Å². The number of ether oxygens (including phenoxy) is 2. The second-order valence-electron chi connectivity index (χ2n) is 5.61. The van der Waals surface area contributed by atoms with E-state index in [-0.39, 0.29) is 18.0 Å². The normalized spacial score (nSPS) is 10.2. The highest BCUT2D eigenvalue weighted by molar-refractivity contribution is 5.92. The molecule has 0 aliphatic heterocycles. The molecular weight excluding hydrogens is 336 g/mol. The van der Waals surface area contributed by atoms with Gasteiger partial charge in [-0.25, -0.2) is 0 Å². The summed E-state index contributed by atoms with van der Waals surface area (Å²) < 4.78 is 10.9. The van der Waals surface area contributed by atoms with Crippen LogP contribution >= 0.6 is 0 Å². The molecule has 0 aliphatic rings. The molecule has 0 fully saturated rings. The molecular formula is C19H22N2O5. The van der Waals surface area contributed by atoms with Gasteiger partial charge in [0, 0.05) is 12.5 Å². The van der Waals surface area contributed by atoms with Crippen LogP contribution in [0.15, 0.2) is 42.5 Å². The number of carbonyl (C=O) groups excluding carboxylic acids is 1. The van der Waals surface area contributed by atoms with Gasteiger partial charge >= 0.3 is 0 Å². The summed E-state index contributed by atoms with van der Waals surface area (Å²) in [4.78, 5) is 22.5. The van der Waals surface area contributed by atoms with Crippen LogP contribution in [0.4, 0.5) is 11.4 Å². The van der Waals surface area contributed by atoms with E-state index in [1.807, 2.05) is 31.2 Å². The lowest BCUT2D eigenvalue weighted by atomic mass is 10.1. The smallest absolute Gasteiger partial charge is 0.274 e. The highest BCUT2D eigenvalue weighted by atomic mass is 16.6. The van der Waals surface area contributed by atoms with E-state index in [4.69, 9.17) is 9.47 Å². The Balaban J connectivity index is 1.77. The summed E-state index contributed by atoms with van der Waals surface area (Å²) in [6, 6.07) is 11.9. The molecule has 0 saturated carbocycles. The number of hydrogen-bond donors (Lipinski definition) is 1. The fourth-order valence-electron chi connectivity index (χ4n) is 2.39. The van der Waals surface area contributed by atoms with Crippen molar-refractivity contribution in [2.45, 2.75) is 26.7 Å². The molecule has 0 unspecified atom stereocenters. The van der Waals surface area contributed by atoms with Gasteiger partial charge in [0.1, 0.15) is 11.5 Å². The van der Waals surface area contributed by atoms with Crippen molar-refractivity contribution in [3.63, 3.8) is 0 Å². The number of nitro groups is 1. The molecule has 2 aromatic carbocycles. The highest BCUT2D eigenvalue weighted by Crippen LogP contribution is 2.25. The number of rotatable bonds is 9. The molecule has 0 radical (unpaired) electrons. The van der Waals surface area contributed by atoms with Crippen LogP contribution in [0.1, 0.15) is 25.3 Å². The second-order valence-corrected chi connectivity index (χ2v) is 5.61. The van der Waals surface area contributed by atoms with Crippen molar-refractivity contribution in [1.29, 1.82) is 0 Å². The van der Waals surface area contributed by atoms with Crippen LogP contribution in [-0.4, -0.2) is 24.0 Å². The van der Waals surface area contributed by atoms with Gasteiger partial charge in [0.05, 0.1) is 29.4 Å². The van der Waals surface area contributed by atoms with E-state index >= 15 is 0 Å². The maximum absolute atomic E-state index is 12.0. The minimum atomic E-state index is -0.463. The summed E-state index contributed by atoms with van der Waals surface area (Å²) >= 11 is 0. The SMILES string of the molecule is CCOc1ccc(OCCCC(=O)Nc2cccc([N+](=O)[O-])c2C)cc1. The number of hydrogen-bond acceptors (Lipinski definition) is 5. The first kappa shape index (κ1) is 19.2. The first-order valence-electron chi connectivity index (χ1n) is 8.40. The highest BCUT2D eigenvalue weighted by Gasteiger charge is 2.14. The van der Waals surface area contributed by atoms with E-state index in [1.165, 1.54) is 6.07 Å². The molecule has 2 rings (SSSR count). The van der Waals surface area contributed by atoms with Gasteiger partial charge in [-0.1, -0.05) is 6.07 Å². The van der Waals surface area contributed by atoms with Crippen molar-refractivity contribution in [2.24, 2.45) is 0 Å². The van der Waals surface area contributed by atoms with E-state index in [9.17, 15) is 14.9 Å². The van der Waals surface area contributed by atoms with Gasteiger partial charge in [0.15, 0.2) is 0 Å². The summed E-state index contributed by atoms with van der Waals surface area (Å²) in [7, 11) is 0. The summed E-state index contributed by atoms with van der Waals surface area (Å²) in [6.45, 7) is 4.54. The third-order valence-corrected chi connectivity index (χ3v) is 3.73. The van der Waals surface area contributed by atoms with Crippen LogP contribution in [0.3, 0.4) is 0 Å². The molecule has 0 saturated heterocycles. The molecule has 0 spiro atoms. The molecule has 7 nitrogen and oxygen atoms in total. The lowest BCUT2D eigenvalue weighted by Gasteiger charge is -2.09. The van der Waals surface area contributed by atoms with E-state index < -0.39 is 4.92 Å². The maximum atomic E-state index is 12.0. The molecule has 0 aromatic heterocycles. The summed E-state index contributed by atoms with van der Waals surface area (Å²) in [6.07, 6.45) is 0.798. The second kappa shape index (κ2) is 9.41. The number of carbonyl (C=O) groups is 1. The number of anilines is 1. The molecule has 0 heterocycles. The van der Waals surface area contributed by atoms with Crippen LogP contribution < -0.4 is 14.8 Å². The van der Waals surface area contributed by atoms with Crippen LogP contribution in [0.5, 0.6) is 11.5 Å². The zero-order valence-electron chi connectivity index (χ0n) is 14.9. The summed E-state index contributed by atoms with van der Waals surface area (Å²) in [5.74, 6) is 1.29.